The molecule has 0 aromatic carbocycles. The van der Waals surface area contributed by atoms with Gasteiger partial charge < -0.3 is 19.1 Å². The molecule has 1 spiro atoms. The highest BCUT2D eigenvalue weighted by molar-refractivity contribution is 6.07. The molecule has 198 valence electrons. The van der Waals surface area contributed by atoms with Crippen LogP contribution in [-0.4, -0.2) is 78.5 Å². The maximum Gasteiger partial charge on any atom is 0.410 e. The maximum absolute atomic E-state index is 13.8. The molecule has 2 aromatic rings. The summed E-state index contributed by atoms with van der Waals surface area (Å²) in [5.41, 5.74) is -0.381. The van der Waals surface area contributed by atoms with Crippen molar-refractivity contribution in [3.05, 3.63) is 23.8 Å². The Kier molecular flexibility index (Phi) is 6.42. The summed E-state index contributed by atoms with van der Waals surface area (Å²) in [6.45, 7) is 13.0. The summed E-state index contributed by atoms with van der Waals surface area (Å²) >= 11 is 0. The Hall–Kier alpha value is -3.68. The molecule has 0 saturated carbocycles. The minimum Gasteiger partial charge on any atom is -0.444 e. The number of imide groups is 1. The van der Waals surface area contributed by atoms with Gasteiger partial charge in [-0.05, 0) is 45.1 Å². The fourth-order valence-corrected chi connectivity index (χ4v) is 5.01. The van der Waals surface area contributed by atoms with Crippen LogP contribution in [-0.2, 0) is 22.6 Å². The Morgan fingerprint density at radius 1 is 1.16 bits per heavy atom. The number of likely N-dealkylation sites (N-methyl/N-ethyl adjacent to an activating group) is 1. The molecule has 37 heavy (non-hydrogen) atoms. The molecule has 11 nitrogen and oxygen atoms in total. The molecule has 2 saturated heterocycles. The lowest BCUT2D eigenvalue weighted by molar-refractivity contribution is -0.135. The second-order valence-corrected chi connectivity index (χ2v) is 12.1. The Morgan fingerprint density at radius 3 is 2.38 bits per heavy atom. The Labute approximate surface area is 217 Å². The third-order valence-electron chi connectivity index (χ3n) is 6.82. The molecular formula is C26H35N7O4. The summed E-state index contributed by atoms with van der Waals surface area (Å²) in [6, 6.07) is 3.48. The zero-order valence-electron chi connectivity index (χ0n) is 22.7. The molecule has 11 heteroatoms. The van der Waals surface area contributed by atoms with Gasteiger partial charge in [-0.15, -0.1) is 0 Å². The first-order chi connectivity index (χ1) is 17.1. The number of nitrogens with zero attached hydrogens (tertiary/aromatic N) is 7. The van der Waals surface area contributed by atoms with Crippen molar-refractivity contribution in [2.45, 2.75) is 78.6 Å². The van der Waals surface area contributed by atoms with Crippen LogP contribution in [0.1, 0.15) is 65.9 Å². The number of aromatic nitrogens is 3. The molecule has 0 radical (unpaired) electrons. The summed E-state index contributed by atoms with van der Waals surface area (Å²) in [5, 5.41) is 10.0. The van der Waals surface area contributed by atoms with Crippen LogP contribution in [0.2, 0.25) is 0 Å². The van der Waals surface area contributed by atoms with Crippen molar-refractivity contribution in [3.63, 3.8) is 0 Å². The van der Waals surface area contributed by atoms with Gasteiger partial charge in [-0.3, -0.25) is 9.69 Å². The predicted octanol–water partition coefficient (Wildman–Crippen LogP) is 3.51. The number of urea groups is 1. The van der Waals surface area contributed by atoms with E-state index in [1.54, 1.807) is 18.1 Å². The van der Waals surface area contributed by atoms with Crippen LogP contribution in [0.15, 0.2) is 12.3 Å². The number of hydrogen-bond donors (Lipinski definition) is 0. The standard InChI is InChI=1S/C26H35N7O4/c1-24(2,3)16-33-18(12-17-14-28-19(13-27)29-20(17)33)15-32-21(34)26(30(7)22(32)35)8-10-31(11-9-26)23(36)37-25(4,5)6/h12,14H,8-11,15-16H2,1-7H3. The second kappa shape index (κ2) is 9.01. The number of piperidine rings is 1. The fraction of sp³-hybridized carbons (Fsp3) is 0.615. The van der Waals surface area contributed by atoms with E-state index in [1.165, 1.54) is 9.80 Å². The smallest absolute Gasteiger partial charge is 0.410 e. The van der Waals surface area contributed by atoms with Crippen LogP contribution in [0.4, 0.5) is 9.59 Å². The van der Waals surface area contributed by atoms with Crippen molar-refractivity contribution in [2.24, 2.45) is 5.41 Å². The number of carbonyl (C=O) groups excluding carboxylic acids is 3. The third-order valence-corrected chi connectivity index (χ3v) is 6.82. The van der Waals surface area contributed by atoms with Crippen LogP contribution in [0.5, 0.6) is 0 Å². The lowest BCUT2D eigenvalue weighted by atomic mass is 9.86. The van der Waals surface area contributed by atoms with E-state index in [2.05, 4.69) is 30.7 Å². The topological polar surface area (TPSA) is 125 Å². The first-order valence-electron chi connectivity index (χ1n) is 12.5. The van der Waals surface area contributed by atoms with Gasteiger partial charge in [0, 0.05) is 44.0 Å². The van der Waals surface area contributed by atoms with Crippen LogP contribution in [0.25, 0.3) is 11.0 Å². The average Bonchev–Trinajstić information content (AvgIpc) is 3.21. The van der Waals surface area contributed by atoms with Gasteiger partial charge >= 0.3 is 12.1 Å². The number of hydrogen-bond acceptors (Lipinski definition) is 7. The highest BCUT2D eigenvalue weighted by atomic mass is 16.6. The van der Waals surface area contributed by atoms with Gasteiger partial charge in [0.25, 0.3) is 5.91 Å². The van der Waals surface area contributed by atoms with Crippen molar-refractivity contribution in [1.29, 1.82) is 5.26 Å². The molecule has 0 bridgehead atoms. The van der Waals surface area contributed by atoms with Crippen molar-refractivity contribution in [2.75, 3.05) is 20.1 Å². The van der Waals surface area contributed by atoms with Crippen molar-refractivity contribution in [3.8, 4) is 6.07 Å². The van der Waals surface area contributed by atoms with E-state index in [0.717, 1.165) is 11.1 Å². The maximum atomic E-state index is 13.8. The lowest BCUT2D eigenvalue weighted by Gasteiger charge is -2.40. The van der Waals surface area contributed by atoms with Crippen LogP contribution < -0.4 is 0 Å². The highest BCUT2D eigenvalue weighted by Gasteiger charge is 2.57. The van der Waals surface area contributed by atoms with Gasteiger partial charge in [-0.1, -0.05) is 20.8 Å². The van der Waals surface area contributed by atoms with Gasteiger partial charge in [0.15, 0.2) is 0 Å². The summed E-state index contributed by atoms with van der Waals surface area (Å²) in [4.78, 5) is 52.5. The average molecular weight is 510 g/mol. The summed E-state index contributed by atoms with van der Waals surface area (Å²) in [7, 11) is 1.65. The molecule has 4 heterocycles. The number of ether oxygens (including phenoxy) is 1. The SMILES string of the molecule is CN1C(=O)N(Cc2cc3cnc(C#N)nc3n2CC(C)(C)C)C(=O)C12CCN(C(=O)OC(C)(C)C)CC2. The summed E-state index contributed by atoms with van der Waals surface area (Å²) in [6.07, 6.45) is 1.86. The Morgan fingerprint density at radius 2 is 1.81 bits per heavy atom. The quantitative estimate of drug-likeness (QED) is 0.580. The Bertz CT molecular complexity index is 1290. The molecule has 4 rings (SSSR count). The van der Waals surface area contributed by atoms with E-state index in [1.807, 2.05) is 37.5 Å². The number of carbonyl (C=O) groups is 3. The van der Waals surface area contributed by atoms with E-state index in [-0.39, 0.29) is 29.7 Å². The molecule has 2 fully saturated rings. The van der Waals surface area contributed by atoms with Gasteiger partial charge in [0.05, 0.1) is 6.54 Å². The molecule has 0 atom stereocenters. The zero-order chi connectivity index (χ0) is 27.3. The van der Waals surface area contributed by atoms with E-state index in [9.17, 15) is 19.6 Å². The van der Waals surface area contributed by atoms with E-state index in [4.69, 9.17) is 4.74 Å². The first-order valence-corrected chi connectivity index (χ1v) is 12.5. The molecule has 2 aliphatic heterocycles. The van der Waals surface area contributed by atoms with Gasteiger partial charge in [-0.25, -0.2) is 19.6 Å². The number of nitriles is 1. The van der Waals surface area contributed by atoms with Crippen molar-refractivity contribution < 1.29 is 19.1 Å². The minimum atomic E-state index is -0.996. The van der Waals surface area contributed by atoms with Gasteiger partial charge in [0.1, 0.15) is 22.9 Å². The van der Waals surface area contributed by atoms with Gasteiger partial charge in [0.2, 0.25) is 5.82 Å². The monoisotopic (exact) mass is 509 g/mol. The fourth-order valence-electron chi connectivity index (χ4n) is 5.01. The minimum absolute atomic E-state index is 0.0658. The first kappa shape index (κ1) is 26.4. The van der Waals surface area contributed by atoms with Crippen LogP contribution in [0.3, 0.4) is 0 Å². The molecule has 2 aromatic heterocycles. The molecule has 0 aliphatic carbocycles. The molecule has 4 amide bonds. The van der Waals surface area contributed by atoms with Crippen LogP contribution in [0, 0.1) is 16.7 Å². The number of likely N-dealkylation sites (tertiary alicyclic amines) is 1. The largest absolute Gasteiger partial charge is 0.444 e. The number of rotatable bonds is 3. The highest BCUT2D eigenvalue weighted by Crippen LogP contribution is 2.38. The lowest BCUT2D eigenvalue weighted by Crippen LogP contribution is -2.56. The van der Waals surface area contributed by atoms with E-state index >= 15 is 0 Å². The second-order valence-electron chi connectivity index (χ2n) is 12.1. The number of fused-ring (bicyclic) bond motifs is 1. The normalized spacial score (nSPS) is 18.2. The van der Waals surface area contributed by atoms with E-state index < -0.39 is 17.2 Å². The number of amides is 4. The zero-order valence-corrected chi connectivity index (χ0v) is 22.7. The Balaban J connectivity index is 1.60. The van der Waals surface area contributed by atoms with Crippen molar-refractivity contribution in [1.82, 2.24) is 29.2 Å². The summed E-state index contributed by atoms with van der Waals surface area (Å²) in [5.74, 6) is -0.198. The molecular weight excluding hydrogens is 474 g/mol. The molecule has 0 N–H and O–H groups in total. The van der Waals surface area contributed by atoms with E-state index in [0.29, 0.717) is 38.1 Å². The van der Waals surface area contributed by atoms with Gasteiger partial charge in [-0.2, -0.15) is 5.26 Å². The molecule has 0 unspecified atom stereocenters. The summed E-state index contributed by atoms with van der Waals surface area (Å²) < 4.78 is 7.45. The third kappa shape index (κ3) is 4.97. The molecule has 2 aliphatic rings. The van der Waals surface area contributed by atoms with Crippen molar-refractivity contribution >= 4 is 29.1 Å². The van der Waals surface area contributed by atoms with Crippen LogP contribution >= 0.6 is 0 Å². The predicted molar refractivity (Wildman–Crippen MR) is 135 cm³/mol.